The molecule has 4 heteroatoms. The predicted molar refractivity (Wildman–Crippen MR) is 124 cm³/mol. The van der Waals surface area contributed by atoms with Crippen molar-refractivity contribution in [2.45, 2.75) is 25.8 Å². The van der Waals surface area contributed by atoms with E-state index in [0.717, 1.165) is 35.2 Å². The molecule has 0 aliphatic carbocycles. The minimum Gasteiger partial charge on any atom is -0.324 e. The smallest absolute Gasteiger partial charge is 0.246 e. The summed E-state index contributed by atoms with van der Waals surface area (Å²) in [5.41, 5.74) is 3.70. The molecule has 4 rings (SSSR count). The number of nitrogens with zero attached hydrogens (tertiary/aromatic N) is 1. The molecule has 0 radical (unpaired) electrons. The van der Waals surface area contributed by atoms with E-state index in [2.05, 4.69) is 10.2 Å². The third-order valence-electron chi connectivity index (χ3n) is 6.01. The van der Waals surface area contributed by atoms with Crippen LogP contribution in [-0.4, -0.2) is 29.7 Å². The standard InChI is InChI=1S/C27H28N2O2/c1-20-12-14-22(15-13-20)26(30)23-16-18-29(19-17-23)25(21-8-4-2-5-9-21)27(31)28-24-10-6-3-7-11-24/h2-15,23,25H,16-19H2,1H3,(H,28,31). The van der Waals surface area contributed by atoms with Gasteiger partial charge in [-0.15, -0.1) is 0 Å². The molecule has 0 bridgehead atoms. The van der Waals surface area contributed by atoms with Gasteiger partial charge in [-0.25, -0.2) is 0 Å². The summed E-state index contributed by atoms with van der Waals surface area (Å²) in [7, 11) is 0. The van der Waals surface area contributed by atoms with Gasteiger partial charge in [0.1, 0.15) is 6.04 Å². The molecule has 1 heterocycles. The number of piperidine rings is 1. The van der Waals surface area contributed by atoms with Gasteiger partial charge in [0.05, 0.1) is 0 Å². The highest BCUT2D eigenvalue weighted by Crippen LogP contribution is 2.30. The Balaban J connectivity index is 1.47. The average molecular weight is 413 g/mol. The summed E-state index contributed by atoms with van der Waals surface area (Å²) in [6, 6.07) is 26.9. The molecule has 0 aromatic heterocycles. The number of hydrogen-bond donors (Lipinski definition) is 1. The van der Waals surface area contributed by atoms with Crippen molar-refractivity contribution in [1.29, 1.82) is 0 Å². The fraction of sp³-hybridized carbons (Fsp3) is 0.259. The van der Waals surface area contributed by atoms with Crippen molar-refractivity contribution in [3.63, 3.8) is 0 Å². The van der Waals surface area contributed by atoms with Crippen LogP contribution in [0.5, 0.6) is 0 Å². The van der Waals surface area contributed by atoms with Crippen molar-refractivity contribution in [2.75, 3.05) is 18.4 Å². The molecule has 1 aliphatic rings. The summed E-state index contributed by atoms with van der Waals surface area (Å²) >= 11 is 0. The van der Waals surface area contributed by atoms with Gasteiger partial charge in [0.25, 0.3) is 0 Å². The number of aryl methyl sites for hydroxylation is 1. The van der Waals surface area contributed by atoms with E-state index in [4.69, 9.17) is 0 Å². The van der Waals surface area contributed by atoms with Gasteiger partial charge in [0.2, 0.25) is 5.91 Å². The number of nitrogens with one attached hydrogen (secondary N) is 1. The van der Waals surface area contributed by atoms with Gasteiger partial charge in [-0.3, -0.25) is 14.5 Å². The second-order valence-electron chi connectivity index (χ2n) is 8.21. The van der Waals surface area contributed by atoms with Crippen molar-refractivity contribution in [2.24, 2.45) is 5.92 Å². The summed E-state index contributed by atoms with van der Waals surface area (Å²) in [5, 5.41) is 3.06. The second-order valence-corrected chi connectivity index (χ2v) is 8.21. The summed E-state index contributed by atoms with van der Waals surface area (Å²) in [6.07, 6.45) is 1.52. The Morgan fingerprint density at radius 1 is 0.839 bits per heavy atom. The van der Waals surface area contributed by atoms with Crippen LogP contribution < -0.4 is 5.32 Å². The summed E-state index contributed by atoms with van der Waals surface area (Å²) in [4.78, 5) is 28.4. The number of hydrogen-bond acceptors (Lipinski definition) is 3. The molecule has 0 spiro atoms. The fourth-order valence-electron chi connectivity index (χ4n) is 4.27. The van der Waals surface area contributed by atoms with Crippen LogP contribution in [0.15, 0.2) is 84.9 Å². The van der Waals surface area contributed by atoms with Gasteiger partial charge in [-0.1, -0.05) is 78.4 Å². The maximum absolute atomic E-state index is 13.3. The lowest BCUT2D eigenvalue weighted by Gasteiger charge is -2.36. The number of likely N-dealkylation sites (tertiary alicyclic amines) is 1. The molecule has 3 aromatic carbocycles. The fourth-order valence-corrected chi connectivity index (χ4v) is 4.27. The topological polar surface area (TPSA) is 49.4 Å². The average Bonchev–Trinajstić information content (AvgIpc) is 2.81. The predicted octanol–water partition coefficient (Wildman–Crippen LogP) is 5.27. The largest absolute Gasteiger partial charge is 0.324 e. The van der Waals surface area contributed by atoms with E-state index in [1.807, 2.05) is 91.9 Å². The first kappa shape index (κ1) is 21.0. The van der Waals surface area contributed by atoms with E-state index < -0.39 is 0 Å². The maximum Gasteiger partial charge on any atom is 0.246 e. The number of ketones is 1. The first-order valence-electron chi connectivity index (χ1n) is 10.9. The van der Waals surface area contributed by atoms with Gasteiger partial charge >= 0.3 is 0 Å². The van der Waals surface area contributed by atoms with Crippen molar-refractivity contribution < 1.29 is 9.59 Å². The van der Waals surface area contributed by atoms with Gasteiger partial charge in [-0.05, 0) is 50.6 Å². The van der Waals surface area contributed by atoms with Gasteiger partial charge in [0.15, 0.2) is 5.78 Å². The quantitative estimate of drug-likeness (QED) is 0.561. The molecule has 1 atom stereocenters. The molecule has 1 fully saturated rings. The van der Waals surface area contributed by atoms with Crippen LogP contribution in [0, 0.1) is 12.8 Å². The van der Waals surface area contributed by atoms with E-state index in [-0.39, 0.29) is 23.7 Å². The molecule has 4 nitrogen and oxygen atoms in total. The zero-order chi connectivity index (χ0) is 21.6. The molecule has 31 heavy (non-hydrogen) atoms. The van der Waals surface area contributed by atoms with E-state index in [1.54, 1.807) is 0 Å². The molecule has 1 saturated heterocycles. The lowest BCUT2D eigenvalue weighted by molar-refractivity contribution is -0.122. The maximum atomic E-state index is 13.3. The van der Waals surface area contributed by atoms with E-state index in [9.17, 15) is 9.59 Å². The van der Waals surface area contributed by atoms with Crippen molar-refractivity contribution in [3.05, 3.63) is 102 Å². The van der Waals surface area contributed by atoms with Crippen LogP contribution in [0.3, 0.4) is 0 Å². The summed E-state index contributed by atoms with van der Waals surface area (Å²) in [5.74, 6) is 0.179. The minimum atomic E-state index is -0.378. The number of para-hydroxylation sites is 1. The molecule has 1 N–H and O–H groups in total. The number of benzene rings is 3. The van der Waals surface area contributed by atoms with Gasteiger partial charge < -0.3 is 5.32 Å². The summed E-state index contributed by atoms with van der Waals surface area (Å²) < 4.78 is 0. The van der Waals surface area contributed by atoms with E-state index in [0.29, 0.717) is 13.1 Å². The highest BCUT2D eigenvalue weighted by Gasteiger charge is 2.33. The Morgan fingerprint density at radius 2 is 1.42 bits per heavy atom. The third-order valence-corrected chi connectivity index (χ3v) is 6.01. The van der Waals surface area contributed by atoms with Crippen LogP contribution in [-0.2, 0) is 4.79 Å². The number of amides is 1. The Kier molecular flexibility index (Phi) is 6.58. The second kappa shape index (κ2) is 9.71. The molecule has 1 unspecified atom stereocenters. The molecule has 1 amide bonds. The van der Waals surface area contributed by atoms with Crippen LogP contribution >= 0.6 is 0 Å². The molecular weight excluding hydrogens is 384 g/mol. The molecule has 158 valence electrons. The number of rotatable bonds is 6. The van der Waals surface area contributed by atoms with Gasteiger partial charge in [0, 0.05) is 17.2 Å². The molecule has 3 aromatic rings. The first-order valence-corrected chi connectivity index (χ1v) is 10.9. The third kappa shape index (κ3) is 5.09. The van der Waals surface area contributed by atoms with E-state index >= 15 is 0 Å². The molecular formula is C27H28N2O2. The molecule has 1 aliphatic heterocycles. The van der Waals surface area contributed by atoms with Crippen LogP contribution in [0.4, 0.5) is 5.69 Å². The van der Waals surface area contributed by atoms with Crippen molar-refractivity contribution >= 4 is 17.4 Å². The number of Topliss-reactive ketones (excluding diaryl/α,β-unsaturated/α-hetero) is 1. The summed E-state index contributed by atoms with van der Waals surface area (Å²) in [6.45, 7) is 3.45. The highest BCUT2D eigenvalue weighted by molar-refractivity contribution is 5.98. The lowest BCUT2D eigenvalue weighted by atomic mass is 9.87. The zero-order valence-electron chi connectivity index (χ0n) is 17.8. The monoisotopic (exact) mass is 412 g/mol. The lowest BCUT2D eigenvalue weighted by Crippen LogP contribution is -2.43. The molecule has 0 saturated carbocycles. The van der Waals surface area contributed by atoms with Crippen molar-refractivity contribution in [3.8, 4) is 0 Å². The van der Waals surface area contributed by atoms with Crippen LogP contribution in [0.1, 0.15) is 40.4 Å². The first-order chi connectivity index (χ1) is 15.1. The number of carbonyl (C=O) groups is 2. The van der Waals surface area contributed by atoms with Crippen molar-refractivity contribution in [1.82, 2.24) is 4.90 Å². The Bertz CT molecular complexity index is 1010. The minimum absolute atomic E-state index is 0.00700. The SMILES string of the molecule is Cc1ccc(C(=O)C2CCN(C(C(=O)Nc3ccccc3)c3ccccc3)CC2)cc1. The van der Waals surface area contributed by atoms with Crippen LogP contribution in [0.25, 0.3) is 0 Å². The number of carbonyl (C=O) groups excluding carboxylic acids is 2. The van der Waals surface area contributed by atoms with E-state index in [1.165, 1.54) is 0 Å². The Morgan fingerprint density at radius 3 is 2.03 bits per heavy atom. The van der Waals surface area contributed by atoms with Crippen LogP contribution in [0.2, 0.25) is 0 Å². The highest BCUT2D eigenvalue weighted by atomic mass is 16.2. The van der Waals surface area contributed by atoms with Gasteiger partial charge in [-0.2, -0.15) is 0 Å². The Labute approximate surface area is 183 Å². The number of anilines is 1. The Hall–Kier alpha value is -3.24. The zero-order valence-corrected chi connectivity index (χ0v) is 17.8. The normalized spacial score (nSPS) is 15.9.